The molecule has 1 unspecified atom stereocenters. The van der Waals surface area contributed by atoms with E-state index in [0.29, 0.717) is 4.90 Å². The number of rotatable bonds is 6. The van der Waals surface area contributed by atoms with Crippen LogP contribution in [-0.4, -0.2) is 38.0 Å². The predicted octanol–water partition coefficient (Wildman–Crippen LogP) is 2.26. The van der Waals surface area contributed by atoms with E-state index in [1.807, 2.05) is 0 Å². The Morgan fingerprint density at radius 1 is 1.15 bits per heavy atom. The lowest BCUT2D eigenvalue weighted by Gasteiger charge is -2.23. The van der Waals surface area contributed by atoms with Gasteiger partial charge in [-0.2, -0.15) is 13.2 Å². The van der Waals surface area contributed by atoms with Gasteiger partial charge < -0.3 is 15.5 Å². The molecule has 0 aromatic heterocycles. The van der Waals surface area contributed by atoms with Crippen LogP contribution in [0.2, 0.25) is 5.02 Å². The lowest BCUT2D eigenvalue weighted by Crippen LogP contribution is -3.11. The smallest absolute Gasteiger partial charge is 0.348 e. The molecule has 2 rings (SSSR count). The summed E-state index contributed by atoms with van der Waals surface area (Å²) in [5.74, 6) is -0.605. The van der Waals surface area contributed by atoms with Gasteiger partial charge in [0.25, 0.3) is 11.8 Å². The van der Waals surface area contributed by atoms with Crippen LogP contribution in [0.25, 0.3) is 0 Å². The SMILES string of the molecule is C[NH+](CC(=O)Nc1ccc(Cl)c(C(F)(F)F)c1)CC(=O)NC1CCCCC1. The first-order chi connectivity index (χ1) is 12.6. The topological polar surface area (TPSA) is 62.6 Å². The number of carbonyl (C=O) groups is 2. The van der Waals surface area contributed by atoms with E-state index < -0.39 is 22.7 Å². The van der Waals surface area contributed by atoms with Gasteiger partial charge in [-0.3, -0.25) is 9.59 Å². The molecule has 1 atom stereocenters. The van der Waals surface area contributed by atoms with Crippen molar-refractivity contribution in [1.29, 1.82) is 0 Å². The van der Waals surface area contributed by atoms with Crippen LogP contribution in [0.15, 0.2) is 18.2 Å². The van der Waals surface area contributed by atoms with Crippen LogP contribution in [0.1, 0.15) is 37.7 Å². The van der Waals surface area contributed by atoms with Crippen molar-refractivity contribution < 1.29 is 27.7 Å². The zero-order valence-corrected chi connectivity index (χ0v) is 15.8. The third kappa shape index (κ3) is 7.03. The Labute approximate surface area is 161 Å². The molecule has 0 heterocycles. The molecule has 1 aromatic carbocycles. The van der Waals surface area contributed by atoms with Crippen LogP contribution >= 0.6 is 11.6 Å². The molecular formula is C18H24ClF3N3O2+. The summed E-state index contributed by atoms with van der Waals surface area (Å²) < 4.78 is 38.6. The van der Waals surface area contributed by atoms with Crippen molar-refractivity contribution in [3.63, 3.8) is 0 Å². The summed E-state index contributed by atoms with van der Waals surface area (Å²) in [7, 11) is 1.68. The molecule has 1 aliphatic rings. The van der Waals surface area contributed by atoms with Crippen molar-refractivity contribution in [2.24, 2.45) is 0 Å². The van der Waals surface area contributed by atoms with Crippen molar-refractivity contribution in [2.45, 2.75) is 44.3 Å². The molecule has 1 aromatic rings. The first-order valence-corrected chi connectivity index (χ1v) is 9.30. The monoisotopic (exact) mass is 406 g/mol. The van der Waals surface area contributed by atoms with E-state index in [0.717, 1.165) is 37.8 Å². The van der Waals surface area contributed by atoms with E-state index in [4.69, 9.17) is 11.6 Å². The van der Waals surface area contributed by atoms with Crippen molar-refractivity contribution in [3.8, 4) is 0 Å². The third-order valence-corrected chi connectivity index (χ3v) is 4.78. The zero-order chi connectivity index (χ0) is 20.0. The molecule has 1 saturated carbocycles. The fourth-order valence-electron chi connectivity index (χ4n) is 3.16. The van der Waals surface area contributed by atoms with Crippen molar-refractivity contribution in [1.82, 2.24) is 5.32 Å². The summed E-state index contributed by atoms with van der Waals surface area (Å²) in [6.45, 7) is 0.0837. The van der Waals surface area contributed by atoms with E-state index in [-0.39, 0.29) is 30.7 Å². The van der Waals surface area contributed by atoms with Crippen LogP contribution in [-0.2, 0) is 15.8 Å². The normalized spacial score (nSPS) is 16.6. The third-order valence-electron chi connectivity index (χ3n) is 4.45. The largest absolute Gasteiger partial charge is 0.417 e. The second kappa shape index (κ2) is 9.41. The van der Waals surface area contributed by atoms with Crippen LogP contribution in [0.4, 0.5) is 18.9 Å². The second-order valence-corrected chi connectivity index (χ2v) is 7.36. The molecule has 0 saturated heterocycles. The standard InChI is InChI=1S/C18H23ClF3N3O2/c1-25(10-16(26)23-12-5-3-2-4-6-12)11-17(27)24-13-7-8-15(19)14(9-13)18(20,21)22/h7-9,12H,2-6,10-11H2,1H3,(H,23,26)(H,24,27)/p+1. The molecule has 1 aliphatic carbocycles. The van der Waals surface area contributed by atoms with Gasteiger partial charge in [0.05, 0.1) is 17.6 Å². The Kier molecular flexibility index (Phi) is 7.49. The van der Waals surface area contributed by atoms with Gasteiger partial charge in [-0.1, -0.05) is 30.9 Å². The number of hydrogen-bond donors (Lipinski definition) is 3. The number of amides is 2. The lowest BCUT2D eigenvalue weighted by molar-refractivity contribution is -0.862. The van der Waals surface area contributed by atoms with Gasteiger partial charge in [0.15, 0.2) is 13.1 Å². The number of halogens is 4. The van der Waals surface area contributed by atoms with Gasteiger partial charge in [-0.25, -0.2) is 0 Å². The highest BCUT2D eigenvalue weighted by atomic mass is 35.5. The summed E-state index contributed by atoms with van der Waals surface area (Å²) in [5.41, 5.74) is -0.995. The van der Waals surface area contributed by atoms with E-state index >= 15 is 0 Å². The van der Waals surface area contributed by atoms with Crippen LogP contribution in [0, 0.1) is 0 Å². The van der Waals surface area contributed by atoms with Crippen LogP contribution < -0.4 is 15.5 Å². The first kappa shape index (κ1) is 21.5. The van der Waals surface area contributed by atoms with E-state index in [1.54, 1.807) is 7.05 Å². The molecule has 0 bridgehead atoms. The van der Waals surface area contributed by atoms with Crippen molar-refractivity contribution in [3.05, 3.63) is 28.8 Å². The maximum Gasteiger partial charge on any atom is 0.417 e. The Morgan fingerprint density at radius 3 is 2.41 bits per heavy atom. The maximum atomic E-state index is 12.9. The van der Waals surface area contributed by atoms with Crippen molar-refractivity contribution in [2.75, 3.05) is 25.5 Å². The number of carbonyl (C=O) groups excluding carboxylic acids is 2. The van der Waals surface area contributed by atoms with E-state index in [1.165, 1.54) is 12.5 Å². The van der Waals surface area contributed by atoms with Gasteiger partial charge in [0, 0.05) is 11.7 Å². The molecule has 150 valence electrons. The predicted molar refractivity (Wildman–Crippen MR) is 96.7 cm³/mol. The molecule has 1 fully saturated rings. The number of likely N-dealkylation sites (N-methyl/N-ethyl adjacent to an activating group) is 1. The second-order valence-electron chi connectivity index (χ2n) is 6.95. The highest BCUT2D eigenvalue weighted by molar-refractivity contribution is 6.31. The summed E-state index contributed by atoms with van der Waals surface area (Å²) in [6, 6.07) is 3.39. The van der Waals surface area contributed by atoms with Gasteiger partial charge in [-0.05, 0) is 31.0 Å². The molecule has 2 amide bonds. The number of hydrogen-bond acceptors (Lipinski definition) is 2. The summed E-state index contributed by atoms with van der Waals surface area (Å²) >= 11 is 5.56. The quantitative estimate of drug-likeness (QED) is 0.678. The Hall–Kier alpha value is -1.80. The maximum absolute atomic E-state index is 12.9. The first-order valence-electron chi connectivity index (χ1n) is 8.92. The number of anilines is 1. The lowest BCUT2D eigenvalue weighted by atomic mass is 9.95. The number of nitrogens with one attached hydrogen (secondary N) is 3. The molecule has 27 heavy (non-hydrogen) atoms. The minimum absolute atomic E-state index is 0.0104. The van der Waals surface area contributed by atoms with E-state index in [2.05, 4.69) is 10.6 Å². The van der Waals surface area contributed by atoms with Gasteiger partial charge >= 0.3 is 6.18 Å². The van der Waals surface area contributed by atoms with Gasteiger partial charge in [-0.15, -0.1) is 0 Å². The minimum atomic E-state index is -4.60. The molecule has 3 N–H and O–H groups in total. The fourth-order valence-corrected chi connectivity index (χ4v) is 3.39. The number of alkyl halides is 3. The van der Waals surface area contributed by atoms with Gasteiger partial charge in [0.2, 0.25) is 0 Å². The zero-order valence-electron chi connectivity index (χ0n) is 15.1. The fraction of sp³-hybridized carbons (Fsp3) is 0.556. The average molecular weight is 407 g/mol. The van der Waals surface area contributed by atoms with Crippen LogP contribution in [0.5, 0.6) is 0 Å². The Morgan fingerprint density at radius 2 is 1.78 bits per heavy atom. The average Bonchev–Trinajstić information content (AvgIpc) is 2.56. The Bertz CT molecular complexity index is 676. The number of benzene rings is 1. The molecule has 0 spiro atoms. The molecule has 5 nitrogen and oxygen atoms in total. The minimum Gasteiger partial charge on any atom is -0.348 e. The molecule has 9 heteroatoms. The molecule has 0 radical (unpaired) electrons. The number of quaternary nitrogens is 1. The van der Waals surface area contributed by atoms with Crippen LogP contribution in [0.3, 0.4) is 0 Å². The summed E-state index contributed by atoms with van der Waals surface area (Å²) in [6.07, 6.45) is 0.760. The Balaban J connectivity index is 1.83. The summed E-state index contributed by atoms with van der Waals surface area (Å²) in [4.78, 5) is 24.8. The van der Waals surface area contributed by atoms with Crippen molar-refractivity contribution >= 4 is 29.1 Å². The molecule has 0 aliphatic heterocycles. The highest BCUT2D eigenvalue weighted by Crippen LogP contribution is 2.36. The summed E-state index contributed by atoms with van der Waals surface area (Å²) in [5, 5.41) is 4.96. The van der Waals surface area contributed by atoms with Gasteiger partial charge in [0.1, 0.15) is 0 Å². The van der Waals surface area contributed by atoms with E-state index in [9.17, 15) is 22.8 Å². The highest BCUT2D eigenvalue weighted by Gasteiger charge is 2.33. The molecular weight excluding hydrogens is 383 g/mol.